The maximum atomic E-state index is 13.3. The van der Waals surface area contributed by atoms with Crippen LogP contribution in [0.1, 0.15) is 48.2 Å². The molecule has 0 bridgehead atoms. The van der Waals surface area contributed by atoms with Crippen LogP contribution in [0.5, 0.6) is 0 Å². The van der Waals surface area contributed by atoms with Crippen LogP contribution in [0.25, 0.3) is 11.3 Å². The highest BCUT2D eigenvalue weighted by atomic mass is 32.2. The minimum Gasteiger partial charge on any atom is -0.369 e. The second kappa shape index (κ2) is 9.03. The van der Waals surface area contributed by atoms with Gasteiger partial charge in [0.05, 0.1) is 10.6 Å². The lowest BCUT2D eigenvalue weighted by molar-refractivity contribution is -0.122. The minimum absolute atomic E-state index is 0.0827. The number of sulfonamides is 1. The SMILES string of the molecule is Cc1ccc(-c2cc(C(=O)N3CCCCC3)[nH]n2)cc1S(=O)(=O)N1CCC(C(N)=O)CC1. The van der Waals surface area contributed by atoms with Crippen LogP contribution in [0.3, 0.4) is 0 Å². The fraction of sp³-hybridized carbons (Fsp3) is 0.500. The summed E-state index contributed by atoms with van der Waals surface area (Å²) in [5.74, 6) is -0.747. The zero-order valence-electron chi connectivity index (χ0n) is 18.2. The van der Waals surface area contributed by atoms with Gasteiger partial charge in [0.2, 0.25) is 15.9 Å². The van der Waals surface area contributed by atoms with E-state index in [9.17, 15) is 18.0 Å². The van der Waals surface area contributed by atoms with Gasteiger partial charge in [-0.1, -0.05) is 12.1 Å². The van der Waals surface area contributed by atoms with Gasteiger partial charge in [0, 0.05) is 37.7 Å². The van der Waals surface area contributed by atoms with Gasteiger partial charge in [-0.3, -0.25) is 14.7 Å². The Morgan fingerprint density at radius 3 is 2.41 bits per heavy atom. The number of amides is 2. The third-order valence-corrected chi connectivity index (χ3v) is 8.45. The van der Waals surface area contributed by atoms with E-state index < -0.39 is 10.0 Å². The third-order valence-electron chi connectivity index (χ3n) is 6.41. The van der Waals surface area contributed by atoms with E-state index in [1.165, 1.54) is 4.31 Å². The van der Waals surface area contributed by atoms with Crippen molar-refractivity contribution < 1.29 is 18.0 Å². The number of primary amides is 1. The van der Waals surface area contributed by atoms with E-state index in [1.54, 1.807) is 31.2 Å². The van der Waals surface area contributed by atoms with E-state index in [4.69, 9.17) is 5.73 Å². The molecule has 2 aromatic rings. The van der Waals surface area contributed by atoms with E-state index in [2.05, 4.69) is 10.2 Å². The molecule has 0 unspecified atom stereocenters. The summed E-state index contributed by atoms with van der Waals surface area (Å²) in [5, 5.41) is 7.07. The first-order valence-corrected chi connectivity index (χ1v) is 12.5. The number of hydrogen-bond acceptors (Lipinski definition) is 5. The number of benzene rings is 1. The number of nitrogens with one attached hydrogen (secondary N) is 1. The van der Waals surface area contributed by atoms with Crippen LogP contribution < -0.4 is 5.73 Å². The largest absolute Gasteiger partial charge is 0.369 e. The van der Waals surface area contributed by atoms with Crippen LogP contribution in [-0.2, 0) is 14.8 Å². The summed E-state index contributed by atoms with van der Waals surface area (Å²) in [7, 11) is -3.73. The molecule has 0 atom stereocenters. The normalized spacial score (nSPS) is 18.6. The molecule has 0 aliphatic carbocycles. The second-order valence-corrected chi connectivity index (χ2v) is 10.5. The van der Waals surface area contributed by atoms with Crippen LogP contribution >= 0.6 is 0 Å². The van der Waals surface area contributed by atoms with Crippen molar-refractivity contribution in [1.29, 1.82) is 0 Å². The summed E-state index contributed by atoms with van der Waals surface area (Å²) >= 11 is 0. The molecule has 4 rings (SSSR count). The Labute approximate surface area is 188 Å². The van der Waals surface area contributed by atoms with E-state index in [1.807, 2.05) is 4.90 Å². The topological polar surface area (TPSA) is 129 Å². The summed E-state index contributed by atoms with van der Waals surface area (Å²) < 4.78 is 28.0. The Morgan fingerprint density at radius 1 is 1.06 bits per heavy atom. The molecule has 0 spiro atoms. The summed E-state index contributed by atoms with van der Waals surface area (Å²) in [6.45, 7) is 3.76. The molecule has 32 heavy (non-hydrogen) atoms. The number of carbonyl (C=O) groups excluding carboxylic acids is 2. The number of aryl methyl sites for hydroxylation is 1. The predicted molar refractivity (Wildman–Crippen MR) is 119 cm³/mol. The molecular weight excluding hydrogens is 430 g/mol. The van der Waals surface area contributed by atoms with E-state index in [0.717, 1.165) is 32.4 Å². The number of carbonyl (C=O) groups is 2. The zero-order chi connectivity index (χ0) is 22.9. The van der Waals surface area contributed by atoms with Gasteiger partial charge in [-0.25, -0.2) is 8.42 Å². The lowest BCUT2D eigenvalue weighted by atomic mass is 9.98. The number of nitrogens with zero attached hydrogens (tertiary/aromatic N) is 3. The molecule has 2 fully saturated rings. The first-order valence-electron chi connectivity index (χ1n) is 11.0. The molecule has 9 nitrogen and oxygen atoms in total. The number of H-pyrrole nitrogens is 1. The first kappa shape index (κ1) is 22.5. The van der Waals surface area contributed by atoms with Gasteiger partial charge >= 0.3 is 0 Å². The zero-order valence-corrected chi connectivity index (χ0v) is 19.0. The van der Waals surface area contributed by atoms with Crippen molar-refractivity contribution in [2.75, 3.05) is 26.2 Å². The molecule has 2 saturated heterocycles. The predicted octanol–water partition coefficient (Wildman–Crippen LogP) is 1.90. The molecule has 2 aliphatic heterocycles. The minimum atomic E-state index is -3.73. The van der Waals surface area contributed by atoms with Crippen molar-refractivity contribution in [1.82, 2.24) is 19.4 Å². The van der Waals surface area contributed by atoms with Gasteiger partial charge in [-0.05, 0) is 56.7 Å². The number of aromatic nitrogens is 2. The summed E-state index contributed by atoms with van der Waals surface area (Å²) in [4.78, 5) is 26.2. The fourth-order valence-corrected chi connectivity index (χ4v) is 6.12. The molecule has 1 aromatic heterocycles. The third kappa shape index (κ3) is 4.42. The average molecular weight is 460 g/mol. The van der Waals surface area contributed by atoms with Crippen molar-refractivity contribution in [3.8, 4) is 11.3 Å². The van der Waals surface area contributed by atoms with Crippen molar-refractivity contribution in [2.45, 2.75) is 43.9 Å². The van der Waals surface area contributed by atoms with Crippen molar-refractivity contribution in [3.05, 3.63) is 35.5 Å². The molecule has 3 N–H and O–H groups in total. The standard InChI is InChI=1S/C22H29N5O4S/c1-15-5-6-17(18-14-19(25-24-18)22(29)26-9-3-2-4-10-26)13-20(15)32(30,31)27-11-7-16(8-12-27)21(23)28/h5-6,13-14,16H,2-4,7-12H2,1H3,(H2,23,28)(H,24,25). The lowest BCUT2D eigenvalue weighted by Gasteiger charge is -2.30. The molecule has 172 valence electrons. The van der Waals surface area contributed by atoms with E-state index in [0.29, 0.717) is 35.4 Å². The fourth-order valence-electron chi connectivity index (χ4n) is 4.40. The molecular formula is C22H29N5O4S. The number of aromatic amines is 1. The van der Waals surface area contributed by atoms with Gasteiger partial charge < -0.3 is 10.6 Å². The highest BCUT2D eigenvalue weighted by Crippen LogP contribution is 2.29. The van der Waals surface area contributed by atoms with E-state index >= 15 is 0 Å². The van der Waals surface area contributed by atoms with Crippen molar-refractivity contribution >= 4 is 21.8 Å². The van der Waals surface area contributed by atoms with Gasteiger partial charge in [0.1, 0.15) is 5.69 Å². The van der Waals surface area contributed by atoms with Gasteiger partial charge in [-0.2, -0.15) is 9.40 Å². The number of rotatable bonds is 5. The first-order chi connectivity index (χ1) is 15.3. The van der Waals surface area contributed by atoms with Gasteiger partial charge in [0.15, 0.2) is 0 Å². The van der Waals surface area contributed by atoms with E-state index in [-0.39, 0.29) is 35.7 Å². The van der Waals surface area contributed by atoms with Crippen molar-refractivity contribution in [3.63, 3.8) is 0 Å². The molecule has 0 saturated carbocycles. The van der Waals surface area contributed by atoms with Crippen LogP contribution in [-0.4, -0.2) is 65.8 Å². The molecule has 10 heteroatoms. The van der Waals surface area contributed by atoms with Crippen LogP contribution in [0.15, 0.2) is 29.2 Å². The van der Waals surface area contributed by atoms with Crippen LogP contribution in [0.4, 0.5) is 0 Å². The maximum absolute atomic E-state index is 13.3. The second-order valence-electron chi connectivity index (χ2n) is 8.58. The number of nitrogens with two attached hydrogens (primary N) is 1. The number of piperidine rings is 2. The Hall–Kier alpha value is -2.72. The quantitative estimate of drug-likeness (QED) is 0.705. The Bertz CT molecular complexity index is 1110. The molecule has 2 amide bonds. The molecule has 1 aromatic carbocycles. The number of hydrogen-bond donors (Lipinski definition) is 2. The van der Waals surface area contributed by atoms with Gasteiger partial charge in [0.25, 0.3) is 5.91 Å². The van der Waals surface area contributed by atoms with Gasteiger partial charge in [-0.15, -0.1) is 0 Å². The maximum Gasteiger partial charge on any atom is 0.271 e. The molecule has 3 heterocycles. The average Bonchev–Trinajstić information content (AvgIpc) is 3.29. The van der Waals surface area contributed by atoms with Crippen LogP contribution in [0, 0.1) is 12.8 Å². The summed E-state index contributed by atoms with van der Waals surface area (Å²) in [5.41, 5.74) is 7.54. The Kier molecular flexibility index (Phi) is 6.34. The van der Waals surface area contributed by atoms with Crippen molar-refractivity contribution in [2.24, 2.45) is 11.7 Å². The monoisotopic (exact) mass is 459 g/mol. The summed E-state index contributed by atoms with van der Waals surface area (Å²) in [6.07, 6.45) is 3.99. The highest BCUT2D eigenvalue weighted by molar-refractivity contribution is 7.89. The highest BCUT2D eigenvalue weighted by Gasteiger charge is 2.32. The Morgan fingerprint density at radius 2 is 1.75 bits per heavy atom. The Balaban J connectivity index is 1.56. The molecule has 2 aliphatic rings. The lowest BCUT2D eigenvalue weighted by Crippen LogP contribution is -2.41. The smallest absolute Gasteiger partial charge is 0.271 e. The number of likely N-dealkylation sites (tertiary alicyclic amines) is 1. The molecule has 0 radical (unpaired) electrons. The summed E-state index contributed by atoms with van der Waals surface area (Å²) in [6, 6.07) is 6.84. The van der Waals surface area contributed by atoms with Crippen LogP contribution in [0.2, 0.25) is 0 Å².